The van der Waals surface area contributed by atoms with Crippen molar-refractivity contribution in [3.05, 3.63) is 65.2 Å². The molecule has 2 aromatic carbocycles. The van der Waals surface area contributed by atoms with Crippen LogP contribution in [0.2, 0.25) is 5.02 Å². The highest BCUT2D eigenvalue weighted by Gasteiger charge is 2.17. The van der Waals surface area contributed by atoms with Gasteiger partial charge in [0.25, 0.3) is 0 Å². The second-order valence-electron chi connectivity index (χ2n) is 6.30. The Kier molecular flexibility index (Phi) is 9.15. The molecule has 0 aromatic heterocycles. The summed E-state index contributed by atoms with van der Waals surface area (Å²) >= 11 is 7.60. The molecule has 5 nitrogen and oxygen atoms in total. The predicted octanol–water partition coefficient (Wildman–Crippen LogP) is 3.94. The maximum atomic E-state index is 12.0. The van der Waals surface area contributed by atoms with E-state index >= 15 is 0 Å². The van der Waals surface area contributed by atoms with Crippen LogP contribution in [0.4, 0.5) is 5.69 Å². The number of amides is 1. The highest BCUT2D eigenvalue weighted by molar-refractivity contribution is 7.98. The zero-order valence-electron chi connectivity index (χ0n) is 15.8. The van der Waals surface area contributed by atoms with Crippen molar-refractivity contribution in [3.63, 3.8) is 0 Å². The minimum atomic E-state index is -3.38. The number of carbonyl (C=O) groups is 1. The molecule has 0 saturated carbocycles. The summed E-state index contributed by atoms with van der Waals surface area (Å²) in [5.41, 5.74) is 1.81. The second-order valence-corrected chi connectivity index (χ2v) is 9.75. The molecule has 0 atom stereocenters. The SMILES string of the molecule is CS(=O)(=O)N(CCCC(=O)NCCSCc1ccc(Cl)cc1)c1ccccc1. The topological polar surface area (TPSA) is 66.5 Å². The van der Waals surface area contributed by atoms with Gasteiger partial charge in [0.1, 0.15) is 0 Å². The molecule has 28 heavy (non-hydrogen) atoms. The normalized spacial score (nSPS) is 11.2. The molecule has 0 radical (unpaired) electrons. The number of benzene rings is 2. The minimum absolute atomic E-state index is 0.0615. The number of nitrogens with zero attached hydrogens (tertiary/aromatic N) is 1. The van der Waals surface area contributed by atoms with Crippen LogP contribution < -0.4 is 9.62 Å². The van der Waals surface area contributed by atoms with Gasteiger partial charge in [-0.3, -0.25) is 9.10 Å². The van der Waals surface area contributed by atoms with Crippen LogP contribution in [0.25, 0.3) is 0 Å². The molecule has 1 amide bonds. The third-order valence-corrected chi connectivity index (χ3v) is 6.44. The van der Waals surface area contributed by atoms with Gasteiger partial charge in [-0.1, -0.05) is 41.9 Å². The zero-order valence-corrected chi connectivity index (χ0v) is 18.2. The first kappa shape index (κ1) is 22.6. The van der Waals surface area contributed by atoms with Crippen LogP contribution in [0.15, 0.2) is 54.6 Å². The van der Waals surface area contributed by atoms with E-state index in [1.165, 1.54) is 16.1 Å². The molecule has 0 bridgehead atoms. The minimum Gasteiger partial charge on any atom is -0.355 e. The molecule has 2 aromatic rings. The van der Waals surface area contributed by atoms with Crippen LogP contribution in [0.3, 0.4) is 0 Å². The fourth-order valence-corrected chi connectivity index (χ4v) is 4.50. The summed E-state index contributed by atoms with van der Waals surface area (Å²) in [5, 5.41) is 3.61. The molecule has 0 saturated heterocycles. The third kappa shape index (κ3) is 8.12. The Hall–Kier alpha value is -1.70. The van der Waals surface area contributed by atoms with E-state index in [2.05, 4.69) is 5.32 Å². The average molecular weight is 441 g/mol. The number of carbonyl (C=O) groups excluding carboxylic acids is 1. The Morgan fingerprint density at radius 1 is 1.11 bits per heavy atom. The average Bonchev–Trinajstić information content (AvgIpc) is 2.66. The molecule has 8 heteroatoms. The molecule has 0 fully saturated rings. The number of nitrogens with one attached hydrogen (secondary N) is 1. The van der Waals surface area contributed by atoms with E-state index in [0.717, 1.165) is 16.5 Å². The molecule has 1 N–H and O–H groups in total. The molecule has 152 valence electrons. The monoisotopic (exact) mass is 440 g/mol. The van der Waals surface area contributed by atoms with Crippen LogP contribution in [0.5, 0.6) is 0 Å². The van der Waals surface area contributed by atoms with E-state index in [1.54, 1.807) is 36.0 Å². The van der Waals surface area contributed by atoms with Gasteiger partial charge in [-0.25, -0.2) is 8.42 Å². The zero-order chi connectivity index (χ0) is 20.4. The smallest absolute Gasteiger partial charge is 0.232 e. The van der Waals surface area contributed by atoms with E-state index in [0.29, 0.717) is 25.1 Å². The van der Waals surface area contributed by atoms with Gasteiger partial charge < -0.3 is 5.32 Å². The molecule has 0 spiro atoms. The number of halogens is 1. The Balaban J connectivity index is 1.65. The lowest BCUT2D eigenvalue weighted by molar-refractivity contribution is -0.121. The van der Waals surface area contributed by atoms with Gasteiger partial charge in [0.15, 0.2) is 0 Å². The first-order chi connectivity index (χ1) is 13.4. The van der Waals surface area contributed by atoms with Crippen molar-refractivity contribution in [1.82, 2.24) is 5.32 Å². The third-order valence-electron chi connectivity index (χ3n) is 3.96. The number of hydrogen-bond donors (Lipinski definition) is 1. The summed E-state index contributed by atoms with van der Waals surface area (Å²) in [7, 11) is -3.38. The van der Waals surface area contributed by atoms with Crippen molar-refractivity contribution in [2.75, 3.05) is 29.4 Å². The maximum Gasteiger partial charge on any atom is 0.232 e. The summed E-state index contributed by atoms with van der Waals surface area (Å²) < 4.78 is 25.3. The summed E-state index contributed by atoms with van der Waals surface area (Å²) in [4.78, 5) is 12.0. The fourth-order valence-electron chi connectivity index (χ4n) is 2.59. The van der Waals surface area contributed by atoms with E-state index in [-0.39, 0.29) is 12.5 Å². The molecule has 2 rings (SSSR count). The highest BCUT2D eigenvalue weighted by Crippen LogP contribution is 2.17. The number of hydrogen-bond acceptors (Lipinski definition) is 4. The Morgan fingerprint density at radius 3 is 2.43 bits per heavy atom. The first-order valence-electron chi connectivity index (χ1n) is 8.98. The lowest BCUT2D eigenvalue weighted by Gasteiger charge is -2.22. The summed E-state index contributed by atoms with van der Waals surface area (Å²) in [6, 6.07) is 16.6. The lowest BCUT2D eigenvalue weighted by atomic mass is 10.2. The van der Waals surface area contributed by atoms with Crippen molar-refractivity contribution in [2.45, 2.75) is 18.6 Å². The maximum absolute atomic E-state index is 12.0. The van der Waals surface area contributed by atoms with Crippen LogP contribution in [-0.4, -0.2) is 39.4 Å². The van der Waals surface area contributed by atoms with E-state index in [1.807, 2.05) is 30.3 Å². The van der Waals surface area contributed by atoms with E-state index in [4.69, 9.17) is 11.6 Å². The standard InChI is InChI=1S/C20H25ClN2O3S2/c1-28(25,26)23(19-6-3-2-4-7-19)14-5-8-20(24)22-13-15-27-16-17-9-11-18(21)12-10-17/h2-4,6-7,9-12H,5,8,13-16H2,1H3,(H,22,24). The van der Waals surface area contributed by atoms with Crippen LogP contribution >= 0.6 is 23.4 Å². The van der Waals surface area contributed by atoms with Gasteiger partial charge in [-0.2, -0.15) is 11.8 Å². The second kappa shape index (κ2) is 11.3. The Morgan fingerprint density at radius 2 is 1.79 bits per heavy atom. The molecule has 0 aliphatic rings. The first-order valence-corrected chi connectivity index (χ1v) is 12.4. The van der Waals surface area contributed by atoms with Crippen molar-refractivity contribution >= 4 is 45.0 Å². The molecular weight excluding hydrogens is 416 g/mol. The van der Waals surface area contributed by atoms with E-state index in [9.17, 15) is 13.2 Å². The van der Waals surface area contributed by atoms with Crippen molar-refractivity contribution < 1.29 is 13.2 Å². The fraction of sp³-hybridized carbons (Fsp3) is 0.350. The van der Waals surface area contributed by atoms with Crippen LogP contribution in [0.1, 0.15) is 18.4 Å². The Labute approximate surface area is 176 Å². The molecule has 0 unspecified atom stereocenters. The number of para-hydroxylation sites is 1. The van der Waals surface area contributed by atoms with Crippen molar-refractivity contribution in [2.24, 2.45) is 0 Å². The highest BCUT2D eigenvalue weighted by atomic mass is 35.5. The Bertz CT molecular complexity index is 844. The molecule has 0 aliphatic heterocycles. The summed E-state index contributed by atoms with van der Waals surface area (Å²) in [5.74, 6) is 1.62. The largest absolute Gasteiger partial charge is 0.355 e. The number of anilines is 1. The molecule has 0 heterocycles. The molecular formula is C20H25ClN2O3S2. The van der Waals surface area contributed by atoms with Gasteiger partial charge in [-0.15, -0.1) is 0 Å². The van der Waals surface area contributed by atoms with Crippen LogP contribution in [0, 0.1) is 0 Å². The number of thioether (sulfide) groups is 1. The quantitative estimate of drug-likeness (QED) is 0.537. The van der Waals surface area contributed by atoms with E-state index < -0.39 is 10.0 Å². The van der Waals surface area contributed by atoms with Crippen LogP contribution in [-0.2, 0) is 20.6 Å². The van der Waals surface area contributed by atoms with Crippen molar-refractivity contribution in [1.29, 1.82) is 0 Å². The van der Waals surface area contributed by atoms with Gasteiger partial charge in [-0.05, 0) is 36.2 Å². The van der Waals surface area contributed by atoms with Gasteiger partial charge in [0.05, 0.1) is 11.9 Å². The lowest BCUT2D eigenvalue weighted by Crippen LogP contribution is -2.32. The van der Waals surface area contributed by atoms with Gasteiger partial charge in [0, 0.05) is 36.0 Å². The summed E-state index contributed by atoms with van der Waals surface area (Å²) in [6.45, 7) is 0.868. The number of sulfonamides is 1. The van der Waals surface area contributed by atoms with Gasteiger partial charge in [0.2, 0.25) is 15.9 Å². The predicted molar refractivity (Wildman–Crippen MR) is 118 cm³/mol. The van der Waals surface area contributed by atoms with Crippen molar-refractivity contribution in [3.8, 4) is 0 Å². The molecule has 0 aliphatic carbocycles. The summed E-state index contributed by atoms with van der Waals surface area (Å²) in [6.07, 6.45) is 1.93. The van der Waals surface area contributed by atoms with Gasteiger partial charge >= 0.3 is 0 Å². The number of rotatable bonds is 11.